The van der Waals surface area contributed by atoms with Crippen molar-refractivity contribution in [1.29, 1.82) is 0 Å². The molecule has 0 aromatic heterocycles. The van der Waals surface area contributed by atoms with Crippen LogP contribution >= 0.6 is 0 Å². The van der Waals surface area contributed by atoms with E-state index in [4.69, 9.17) is 8.92 Å². The lowest BCUT2D eigenvalue weighted by atomic mass is 10.2. The average Bonchev–Trinajstić information content (AvgIpc) is 2.64. The summed E-state index contributed by atoms with van der Waals surface area (Å²) >= 11 is 0. The van der Waals surface area contributed by atoms with Crippen molar-refractivity contribution < 1.29 is 40.0 Å². The van der Waals surface area contributed by atoms with Crippen LogP contribution in [0.2, 0.25) is 0 Å². The summed E-state index contributed by atoms with van der Waals surface area (Å²) in [6, 6.07) is 0. The summed E-state index contributed by atoms with van der Waals surface area (Å²) in [7, 11) is -3.92. The molecule has 11 heteroatoms. The van der Waals surface area contributed by atoms with E-state index < -0.39 is 46.8 Å². The topological polar surface area (TPSA) is 82.1 Å². The minimum absolute atomic E-state index is 0.246. The van der Waals surface area contributed by atoms with E-state index in [1.54, 1.807) is 20.8 Å². The zero-order valence-corrected chi connectivity index (χ0v) is 14.0. The van der Waals surface area contributed by atoms with Crippen molar-refractivity contribution in [3.63, 3.8) is 0 Å². The number of nitrogens with zero attached hydrogens (tertiary/aromatic N) is 1. The number of alkyl halides is 3. The molecule has 0 aromatic carbocycles. The molecule has 0 saturated carbocycles. The number of hydrogen-bond acceptors (Lipinski definition) is 6. The smallest absolute Gasteiger partial charge is 0.411 e. The first-order valence-electron chi connectivity index (χ1n) is 6.71. The molecule has 0 aliphatic carbocycles. The zero-order valence-electron chi connectivity index (χ0n) is 13.2. The van der Waals surface area contributed by atoms with Crippen molar-refractivity contribution in [1.82, 2.24) is 4.90 Å². The summed E-state index contributed by atoms with van der Waals surface area (Å²) in [5, 5.41) is 0. The Kier molecular flexibility index (Phi) is 5.92. The molecular formula is C12H20F3NO6S. The predicted molar refractivity (Wildman–Crippen MR) is 73.3 cm³/mol. The van der Waals surface area contributed by atoms with Gasteiger partial charge in [-0.05, 0) is 20.8 Å². The molecule has 1 aliphatic rings. The van der Waals surface area contributed by atoms with Gasteiger partial charge in [0.25, 0.3) is 10.1 Å². The van der Waals surface area contributed by atoms with E-state index in [9.17, 15) is 26.4 Å². The molecule has 23 heavy (non-hydrogen) atoms. The van der Waals surface area contributed by atoms with Crippen molar-refractivity contribution in [2.45, 2.75) is 44.8 Å². The SMILES string of the molecule is CC(C)(C)OC(=O)N1CC(OCC(F)(F)F)C(OS(C)(=O)=O)C1. The maximum Gasteiger partial charge on any atom is 0.411 e. The number of carbonyl (C=O) groups excluding carboxylic acids is 1. The number of hydrogen-bond donors (Lipinski definition) is 0. The minimum atomic E-state index is -4.57. The van der Waals surface area contributed by atoms with Crippen LogP contribution in [0.4, 0.5) is 18.0 Å². The van der Waals surface area contributed by atoms with E-state index >= 15 is 0 Å². The Balaban J connectivity index is 2.78. The van der Waals surface area contributed by atoms with Crippen molar-refractivity contribution in [3.8, 4) is 0 Å². The Labute approximate surface area is 132 Å². The second kappa shape index (κ2) is 6.81. The molecule has 1 aliphatic heterocycles. The standard InChI is InChI=1S/C12H20F3NO6S/c1-11(2,3)21-10(17)16-5-8(20-7-12(13,14)15)9(6-16)22-23(4,18)19/h8-9H,5-7H2,1-4H3. The van der Waals surface area contributed by atoms with E-state index in [1.807, 2.05) is 0 Å². The highest BCUT2D eigenvalue weighted by Crippen LogP contribution is 2.24. The summed E-state index contributed by atoms with van der Waals surface area (Å²) in [5.41, 5.74) is -0.796. The lowest BCUT2D eigenvalue weighted by Gasteiger charge is -2.24. The maximum absolute atomic E-state index is 12.3. The summed E-state index contributed by atoms with van der Waals surface area (Å²) < 4.78 is 73.7. The van der Waals surface area contributed by atoms with Crippen molar-refractivity contribution in [2.24, 2.45) is 0 Å². The van der Waals surface area contributed by atoms with Crippen LogP contribution in [0, 0.1) is 0 Å². The minimum Gasteiger partial charge on any atom is -0.444 e. The average molecular weight is 363 g/mol. The van der Waals surface area contributed by atoms with Gasteiger partial charge in [-0.1, -0.05) is 0 Å². The maximum atomic E-state index is 12.3. The molecule has 1 rings (SSSR count). The zero-order chi connectivity index (χ0) is 18.1. The quantitative estimate of drug-likeness (QED) is 0.705. The molecule has 0 N–H and O–H groups in total. The third-order valence-electron chi connectivity index (χ3n) is 2.63. The normalized spacial score (nSPS) is 23.2. The highest BCUT2D eigenvalue weighted by molar-refractivity contribution is 7.86. The van der Waals surface area contributed by atoms with E-state index in [0.717, 1.165) is 11.2 Å². The van der Waals surface area contributed by atoms with E-state index in [0.29, 0.717) is 0 Å². The summed E-state index contributed by atoms with van der Waals surface area (Å²) in [4.78, 5) is 13.0. The van der Waals surface area contributed by atoms with Crippen LogP contribution in [-0.2, 0) is 23.8 Å². The Bertz CT molecular complexity index is 528. The predicted octanol–water partition coefficient (Wildman–Crippen LogP) is 1.53. The number of carbonyl (C=O) groups is 1. The van der Waals surface area contributed by atoms with Gasteiger partial charge >= 0.3 is 12.3 Å². The first-order chi connectivity index (χ1) is 10.2. The van der Waals surface area contributed by atoms with Crippen LogP contribution in [0.5, 0.6) is 0 Å². The molecule has 1 fully saturated rings. The summed E-state index contributed by atoms with van der Waals surface area (Å²) in [6.07, 6.45) is -7.03. The van der Waals surface area contributed by atoms with Gasteiger partial charge < -0.3 is 14.4 Å². The molecule has 0 bridgehead atoms. The van der Waals surface area contributed by atoms with Crippen LogP contribution < -0.4 is 0 Å². The van der Waals surface area contributed by atoms with Gasteiger partial charge in [-0.25, -0.2) is 4.79 Å². The third kappa shape index (κ3) is 7.84. The number of ether oxygens (including phenoxy) is 2. The van der Waals surface area contributed by atoms with E-state index in [-0.39, 0.29) is 13.1 Å². The molecule has 7 nitrogen and oxygen atoms in total. The van der Waals surface area contributed by atoms with Crippen LogP contribution in [0.3, 0.4) is 0 Å². The van der Waals surface area contributed by atoms with Gasteiger partial charge in [-0.15, -0.1) is 0 Å². The highest BCUT2D eigenvalue weighted by Gasteiger charge is 2.42. The number of amides is 1. The molecular weight excluding hydrogens is 343 g/mol. The van der Waals surface area contributed by atoms with Gasteiger partial charge in [0.1, 0.15) is 24.4 Å². The molecule has 136 valence electrons. The molecule has 2 atom stereocenters. The fraction of sp³-hybridized carbons (Fsp3) is 0.917. The van der Waals surface area contributed by atoms with Gasteiger partial charge in [0, 0.05) is 0 Å². The van der Waals surface area contributed by atoms with Crippen molar-refractivity contribution in [2.75, 3.05) is 26.0 Å². The molecule has 0 spiro atoms. The Morgan fingerprint density at radius 2 is 1.70 bits per heavy atom. The Hall–Kier alpha value is -1.07. The highest BCUT2D eigenvalue weighted by atomic mass is 32.2. The number of rotatable bonds is 4. The fourth-order valence-electron chi connectivity index (χ4n) is 1.90. The summed E-state index contributed by atoms with van der Waals surface area (Å²) in [5.74, 6) is 0. The lowest BCUT2D eigenvalue weighted by Crippen LogP contribution is -2.36. The Morgan fingerprint density at radius 3 is 2.13 bits per heavy atom. The van der Waals surface area contributed by atoms with Crippen LogP contribution in [0.15, 0.2) is 0 Å². The molecule has 0 radical (unpaired) electrons. The monoisotopic (exact) mass is 363 g/mol. The third-order valence-corrected chi connectivity index (χ3v) is 3.22. The van der Waals surface area contributed by atoms with E-state index in [2.05, 4.69) is 4.74 Å². The number of halogens is 3. The van der Waals surface area contributed by atoms with Crippen LogP contribution in [-0.4, -0.2) is 69.3 Å². The molecule has 0 aromatic rings. The summed E-state index contributed by atoms with van der Waals surface area (Å²) in [6.45, 7) is 2.81. The first kappa shape index (κ1) is 20.0. The van der Waals surface area contributed by atoms with Gasteiger partial charge in [0.05, 0.1) is 19.3 Å². The van der Waals surface area contributed by atoms with Gasteiger partial charge in [-0.2, -0.15) is 21.6 Å². The largest absolute Gasteiger partial charge is 0.444 e. The van der Waals surface area contributed by atoms with Crippen molar-refractivity contribution in [3.05, 3.63) is 0 Å². The number of likely N-dealkylation sites (tertiary alicyclic amines) is 1. The second-order valence-electron chi connectivity index (χ2n) is 6.19. The molecule has 2 unspecified atom stereocenters. The lowest BCUT2D eigenvalue weighted by molar-refractivity contribution is -0.189. The van der Waals surface area contributed by atoms with Crippen LogP contribution in [0.1, 0.15) is 20.8 Å². The van der Waals surface area contributed by atoms with Crippen LogP contribution in [0.25, 0.3) is 0 Å². The Morgan fingerprint density at radius 1 is 1.17 bits per heavy atom. The van der Waals surface area contributed by atoms with Gasteiger partial charge in [-0.3, -0.25) is 4.18 Å². The fourth-order valence-corrected chi connectivity index (χ4v) is 2.53. The second-order valence-corrected chi connectivity index (χ2v) is 7.79. The molecule has 1 saturated heterocycles. The molecule has 1 heterocycles. The van der Waals surface area contributed by atoms with Gasteiger partial charge in [0.2, 0.25) is 0 Å². The van der Waals surface area contributed by atoms with E-state index in [1.165, 1.54) is 0 Å². The molecule has 1 amide bonds. The first-order valence-corrected chi connectivity index (χ1v) is 8.52. The van der Waals surface area contributed by atoms with Gasteiger partial charge in [0.15, 0.2) is 0 Å². The van der Waals surface area contributed by atoms with Crippen molar-refractivity contribution >= 4 is 16.2 Å².